The van der Waals surface area contributed by atoms with Crippen LogP contribution in [0.1, 0.15) is 66.2 Å². The van der Waals surface area contributed by atoms with E-state index in [9.17, 15) is 14.7 Å². The van der Waals surface area contributed by atoms with E-state index in [4.69, 9.17) is 4.74 Å². The molecule has 0 heterocycles. The monoisotopic (exact) mass is 284 g/mol. The van der Waals surface area contributed by atoms with Gasteiger partial charge in [-0.3, -0.25) is 9.59 Å². The van der Waals surface area contributed by atoms with Gasteiger partial charge >= 0.3 is 11.9 Å². The predicted molar refractivity (Wildman–Crippen MR) is 77.3 cm³/mol. The molecule has 0 saturated heterocycles. The Hall–Kier alpha value is -1.06. The summed E-state index contributed by atoms with van der Waals surface area (Å²) in [4.78, 5) is 23.6. The molecule has 1 aliphatic rings. The van der Waals surface area contributed by atoms with Crippen LogP contribution in [0.3, 0.4) is 0 Å². The van der Waals surface area contributed by atoms with E-state index in [1.54, 1.807) is 0 Å². The number of carboxylic acids is 1. The first-order valence-electron chi connectivity index (χ1n) is 7.70. The molecule has 0 bridgehead atoms. The highest BCUT2D eigenvalue weighted by Crippen LogP contribution is 2.33. The van der Waals surface area contributed by atoms with E-state index in [0.29, 0.717) is 12.8 Å². The summed E-state index contributed by atoms with van der Waals surface area (Å²) in [5.41, 5.74) is -0.112. The van der Waals surface area contributed by atoms with Crippen LogP contribution < -0.4 is 0 Å². The smallest absolute Gasteiger partial charge is 0.310 e. The Morgan fingerprint density at radius 2 is 1.75 bits per heavy atom. The first-order valence-corrected chi connectivity index (χ1v) is 7.70. The van der Waals surface area contributed by atoms with Gasteiger partial charge in [0.2, 0.25) is 0 Å². The summed E-state index contributed by atoms with van der Waals surface area (Å²) in [7, 11) is 0. The molecule has 3 unspecified atom stereocenters. The highest BCUT2D eigenvalue weighted by atomic mass is 16.5. The predicted octanol–water partition coefficient (Wildman–Crippen LogP) is 3.64. The van der Waals surface area contributed by atoms with Crippen LogP contribution in [0, 0.1) is 17.3 Å². The molecule has 1 saturated carbocycles. The number of carbonyl (C=O) groups excluding carboxylic acids is 1. The molecule has 0 spiro atoms. The number of ether oxygens (including phenoxy) is 1. The number of carboxylic acid groups (broad SMARTS) is 1. The van der Waals surface area contributed by atoms with Crippen LogP contribution in [-0.4, -0.2) is 23.1 Å². The number of rotatable bonds is 5. The molecule has 116 valence electrons. The Balaban J connectivity index is 2.74. The summed E-state index contributed by atoms with van der Waals surface area (Å²) in [6, 6.07) is 0. The lowest BCUT2D eigenvalue weighted by Crippen LogP contribution is -2.38. The molecule has 0 aromatic heterocycles. The maximum atomic E-state index is 12.4. The summed E-state index contributed by atoms with van der Waals surface area (Å²) < 4.78 is 5.67. The van der Waals surface area contributed by atoms with E-state index in [1.807, 2.05) is 0 Å². The largest absolute Gasteiger partial charge is 0.481 e. The van der Waals surface area contributed by atoms with Crippen molar-refractivity contribution in [2.75, 3.05) is 0 Å². The topological polar surface area (TPSA) is 63.6 Å². The van der Waals surface area contributed by atoms with Gasteiger partial charge in [-0.05, 0) is 24.7 Å². The maximum absolute atomic E-state index is 12.4. The Kier molecular flexibility index (Phi) is 6.03. The van der Waals surface area contributed by atoms with Crippen LogP contribution in [0.5, 0.6) is 0 Å². The maximum Gasteiger partial charge on any atom is 0.310 e. The fourth-order valence-corrected chi connectivity index (χ4v) is 2.87. The van der Waals surface area contributed by atoms with Crippen molar-refractivity contribution in [3.8, 4) is 0 Å². The lowest BCUT2D eigenvalue weighted by Gasteiger charge is -2.33. The van der Waals surface area contributed by atoms with Gasteiger partial charge in [-0.25, -0.2) is 0 Å². The Morgan fingerprint density at radius 3 is 2.20 bits per heavy atom. The highest BCUT2D eigenvalue weighted by Gasteiger charge is 2.39. The van der Waals surface area contributed by atoms with Crippen LogP contribution in [0.2, 0.25) is 0 Å². The van der Waals surface area contributed by atoms with Crippen molar-refractivity contribution in [3.05, 3.63) is 0 Å². The SMILES string of the molecule is CCCC(OC(=O)C1CCCCC1C(=O)O)C(C)(C)C. The number of hydrogen-bond acceptors (Lipinski definition) is 3. The third kappa shape index (κ3) is 4.50. The van der Waals surface area contributed by atoms with Crippen LogP contribution in [0.15, 0.2) is 0 Å². The van der Waals surface area contributed by atoms with E-state index in [1.165, 1.54) is 0 Å². The Bertz CT molecular complexity index is 343. The van der Waals surface area contributed by atoms with E-state index in [-0.39, 0.29) is 17.5 Å². The molecule has 4 nitrogen and oxygen atoms in total. The van der Waals surface area contributed by atoms with Gasteiger partial charge in [-0.1, -0.05) is 47.0 Å². The van der Waals surface area contributed by atoms with E-state index in [0.717, 1.165) is 25.7 Å². The summed E-state index contributed by atoms with van der Waals surface area (Å²) in [5, 5.41) is 9.25. The minimum Gasteiger partial charge on any atom is -0.481 e. The average Bonchev–Trinajstić information content (AvgIpc) is 2.37. The molecule has 1 aliphatic carbocycles. The summed E-state index contributed by atoms with van der Waals surface area (Å²) in [6.07, 6.45) is 4.65. The van der Waals surface area contributed by atoms with Gasteiger partial charge in [0, 0.05) is 0 Å². The van der Waals surface area contributed by atoms with Crippen molar-refractivity contribution in [2.45, 2.75) is 72.3 Å². The third-order valence-corrected chi connectivity index (χ3v) is 4.16. The van der Waals surface area contributed by atoms with Crippen LogP contribution >= 0.6 is 0 Å². The zero-order valence-electron chi connectivity index (χ0n) is 13.1. The van der Waals surface area contributed by atoms with Gasteiger partial charge in [-0.2, -0.15) is 0 Å². The van der Waals surface area contributed by atoms with Crippen molar-refractivity contribution in [3.63, 3.8) is 0 Å². The van der Waals surface area contributed by atoms with Crippen molar-refractivity contribution >= 4 is 11.9 Å². The molecule has 0 aliphatic heterocycles. The molecular formula is C16H28O4. The highest BCUT2D eigenvalue weighted by molar-refractivity contribution is 5.81. The summed E-state index contributed by atoms with van der Waals surface area (Å²) in [5.74, 6) is -2.22. The molecule has 1 fully saturated rings. The number of hydrogen-bond donors (Lipinski definition) is 1. The van der Waals surface area contributed by atoms with Gasteiger partial charge in [0.1, 0.15) is 6.10 Å². The molecule has 0 aromatic carbocycles. The van der Waals surface area contributed by atoms with Crippen molar-refractivity contribution < 1.29 is 19.4 Å². The van der Waals surface area contributed by atoms with Gasteiger partial charge in [-0.15, -0.1) is 0 Å². The fraction of sp³-hybridized carbons (Fsp3) is 0.875. The van der Waals surface area contributed by atoms with Crippen LogP contribution in [-0.2, 0) is 14.3 Å². The minimum atomic E-state index is -0.866. The normalized spacial score (nSPS) is 25.0. The molecule has 3 atom stereocenters. The molecule has 4 heteroatoms. The third-order valence-electron chi connectivity index (χ3n) is 4.16. The number of esters is 1. The van der Waals surface area contributed by atoms with Crippen LogP contribution in [0.25, 0.3) is 0 Å². The van der Waals surface area contributed by atoms with Gasteiger partial charge in [0.15, 0.2) is 0 Å². The van der Waals surface area contributed by atoms with Gasteiger partial charge in [0.25, 0.3) is 0 Å². The Morgan fingerprint density at radius 1 is 1.20 bits per heavy atom. The first kappa shape index (κ1) is 17.0. The average molecular weight is 284 g/mol. The molecule has 20 heavy (non-hydrogen) atoms. The fourth-order valence-electron chi connectivity index (χ4n) is 2.87. The lowest BCUT2D eigenvalue weighted by molar-refractivity contribution is -0.168. The Labute approximate surface area is 121 Å². The molecule has 1 N–H and O–H groups in total. The summed E-state index contributed by atoms with van der Waals surface area (Å²) >= 11 is 0. The van der Waals surface area contributed by atoms with E-state index >= 15 is 0 Å². The second kappa shape index (κ2) is 7.09. The lowest BCUT2D eigenvalue weighted by atomic mass is 9.79. The first-order chi connectivity index (χ1) is 9.27. The van der Waals surface area contributed by atoms with Crippen LogP contribution in [0.4, 0.5) is 0 Å². The van der Waals surface area contributed by atoms with Crippen molar-refractivity contribution in [1.29, 1.82) is 0 Å². The number of carbonyl (C=O) groups is 2. The minimum absolute atomic E-state index is 0.112. The van der Waals surface area contributed by atoms with Crippen molar-refractivity contribution in [2.24, 2.45) is 17.3 Å². The van der Waals surface area contributed by atoms with E-state index in [2.05, 4.69) is 27.7 Å². The van der Waals surface area contributed by atoms with Gasteiger partial charge in [0.05, 0.1) is 11.8 Å². The van der Waals surface area contributed by atoms with E-state index < -0.39 is 17.8 Å². The second-order valence-electron chi connectivity index (χ2n) is 6.92. The quantitative estimate of drug-likeness (QED) is 0.783. The van der Waals surface area contributed by atoms with Gasteiger partial charge < -0.3 is 9.84 Å². The van der Waals surface area contributed by atoms with Crippen molar-refractivity contribution in [1.82, 2.24) is 0 Å². The summed E-state index contributed by atoms with van der Waals surface area (Å²) in [6.45, 7) is 8.22. The molecule has 1 rings (SSSR count). The molecule has 0 aromatic rings. The molecular weight excluding hydrogens is 256 g/mol. The standard InChI is InChI=1S/C16H28O4/c1-5-8-13(16(2,3)4)20-15(19)12-10-7-6-9-11(12)14(17)18/h11-13H,5-10H2,1-4H3,(H,17,18). The second-order valence-corrected chi connectivity index (χ2v) is 6.92. The molecule has 0 amide bonds. The number of aliphatic carboxylic acids is 1. The zero-order chi connectivity index (χ0) is 15.3. The zero-order valence-corrected chi connectivity index (χ0v) is 13.1. The molecule has 0 radical (unpaired) electrons.